The zero-order chi connectivity index (χ0) is 15.2. The third-order valence-corrected chi connectivity index (χ3v) is 4.02. The third-order valence-electron chi connectivity index (χ3n) is 4.02. The number of nitrogens with one attached hydrogen (secondary N) is 2. The van der Waals surface area contributed by atoms with Gasteiger partial charge in [-0.3, -0.25) is 14.5 Å². The Morgan fingerprint density at radius 2 is 2.19 bits per heavy atom. The van der Waals surface area contributed by atoms with Gasteiger partial charge in [-0.05, 0) is 19.9 Å². The van der Waals surface area contributed by atoms with E-state index in [1.54, 1.807) is 13.0 Å². The van der Waals surface area contributed by atoms with Gasteiger partial charge in [0.2, 0.25) is 0 Å². The lowest BCUT2D eigenvalue weighted by molar-refractivity contribution is -0.131. The number of carbonyl (C=O) groups excluding carboxylic acids is 3. The van der Waals surface area contributed by atoms with Crippen LogP contribution in [0.4, 0.5) is 4.79 Å². The molecule has 0 unspecified atom stereocenters. The lowest BCUT2D eigenvalue weighted by Crippen LogP contribution is -2.47. The van der Waals surface area contributed by atoms with Crippen molar-refractivity contribution in [3.8, 4) is 0 Å². The van der Waals surface area contributed by atoms with Crippen LogP contribution in [-0.2, 0) is 9.53 Å². The predicted molar refractivity (Wildman–Crippen MR) is 73.0 cm³/mol. The van der Waals surface area contributed by atoms with E-state index in [1.807, 2.05) is 6.92 Å². The Bertz CT molecular complexity index is 628. The van der Waals surface area contributed by atoms with Gasteiger partial charge in [0.05, 0.1) is 13.2 Å². The van der Waals surface area contributed by atoms with Crippen LogP contribution < -0.4 is 5.32 Å². The molecule has 7 heteroatoms. The number of Topliss-reactive ketones (excluding diaryl/α,β-unsaturated/α-hetero) is 1. The predicted octanol–water partition coefficient (Wildman–Crippen LogP) is 0.525. The van der Waals surface area contributed by atoms with Crippen molar-refractivity contribution in [2.24, 2.45) is 0 Å². The summed E-state index contributed by atoms with van der Waals surface area (Å²) in [5.41, 5.74) is 1.15. The van der Waals surface area contributed by atoms with Gasteiger partial charge in [0.25, 0.3) is 5.91 Å². The van der Waals surface area contributed by atoms with Crippen molar-refractivity contribution in [2.45, 2.75) is 25.8 Å². The fourth-order valence-electron chi connectivity index (χ4n) is 2.89. The van der Waals surface area contributed by atoms with Gasteiger partial charge < -0.3 is 15.0 Å². The van der Waals surface area contributed by atoms with Gasteiger partial charge in [0.15, 0.2) is 5.78 Å². The van der Waals surface area contributed by atoms with Crippen molar-refractivity contribution < 1.29 is 19.1 Å². The lowest BCUT2D eigenvalue weighted by atomic mass is 9.99. The second-order valence-corrected chi connectivity index (χ2v) is 5.62. The molecule has 3 rings (SSSR count). The van der Waals surface area contributed by atoms with Gasteiger partial charge in [-0.25, -0.2) is 4.79 Å². The molecule has 3 heterocycles. The first-order valence-corrected chi connectivity index (χ1v) is 6.84. The van der Waals surface area contributed by atoms with Crippen LogP contribution in [0.1, 0.15) is 28.2 Å². The summed E-state index contributed by atoms with van der Waals surface area (Å²) in [6.45, 7) is 4.00. The van der Waals surface area contributed by atoms with E-state index in [9.17, 15) is 14.4 Å². The number of amides is 3. The molecule has 2 saturated heterocycles. The average Bonchev–Trinajstić information content (AvgIpc) is 3.07. The minimum atomic E-state index is -0.972. The number of hydrogen-bond donors (Lipinski definition) is 2. The smallest absolute Gasteiger partial charge is 0.325 e. The number of aromatic amines is 1. The SMILES string of the molecule is Cc1cc(C(=O)CN2C(=O)N[C@]3(CCOC3)C2=O)c(C)[nH]1. The van der Waals surface area contributed by atoms with Crippen LogP contribution >= 0.6 is 0 Å². The molecule has 2 N–H and O–H groups in total. The van der Waals surface area contributed by atoms with Crippen LogP contribution in [0, 0.1) is 13.8 Å². The third kappa shape index (κ3) is 2.13. The summed E-state index contributed by atoms with van der Waals surface area (Å²) in [7, 11) is 0. The number of nitrogens with zero attached hydrogens (tertiary/aromatic N) is 1. The van der Waals surface area contributed by atoms with E-state index in [4.69, 9.17) is 4.74 Å². The largest absolute Gasteiger partial charge is 0.378 e. The number of ether oxygens (including phenoxy) is 1. The summed E-state index contributed by atoms with van der Waals surface area (Å²) < 4.78 is 5.21. The highest BCUT2D eigenvalue weighted by Crippen LogP contribution is 2.27. The summed E-state index contributed by atoms with van der Waals surface area (Å²) in [5, 5.41) is 2.66. The molecular weight excluding hydrogens is 274 g/mol. The Morgan fingerprint density at radius 1 is 1.43 bits per heavy atom. The minimum absolute atomic E-state index is 0.171. The number of ketones is 1. The van der Waals surface area contributed by atoms with Crippen LogP contribution in [0.2, 0.25) is 0 Å². The van der Waals surface area contributed by atoms with Crippen molar-refractivity contribution in [3.05, 3.63) is 23.0 Å². The monoisotopic (exact) mass is 291 g/mol. The van der Waals surface area contributed by atoms with Crippen LogP contribution in [0.5, 0.6) is 0 Å². The Balaban J connectivity index is 1.79. The summed E-state index contributed by atoms with van der Waals surface area (Å²) in [4.78, 5) is 40.7. The fraction of sp³-hybridized carbons (Fsp3) is 0.500. The molecule has 1 aromatic heterocycles. The molecule has 3 amide bonds. The Labute approximate surface area is 121 Å². The average molecular weight is 291 g/mol. The second-order valence-electron chi connectivity index (χ2n) is 5.62. The molecular formula is C14H17N3O4. The molecule has 0 radical (unpaired) electrons. The molecule has 7 nitrogen and oxygen atoms in total. The molecule has 1 atom stereocenters. The van der Waals surface area contributed by atoms with Crippen molar-refractivity contribution in [3.63, 3.8) is 0 Å². The molecule has 0 aromatic carbocycles. The van der Waals surface area contributed by atoms with E-state index in [0.29, 0.717) is 18.6 Å². The minimum Gasteiger partial charge on any atom is -0.378 e. The molecule has 1 aromatic rings. The molecule has 1 spiro atoms. The number of carbonyl (C=O) groups is 3. The molecule has 2 aliphatic rings. The number of aromatic nitrogens is 1. The molecule has 21 heavy (non-hydrogen) atoms. The summed E-state index contributed by atoms with van der Waals surface area (Å²) in [5.74, 6) is -0.625. The van der Waals surface area contributed by atoms with Crippen molar-refractivity contribution in [1.82, 2.24) is 15.2 Å². The topological polar surface area (TPSA) is 91.5 Å². The quantitative estimate of drug-likeness (QED) is 0.627. The van der Waals surface area contributed by atoms with E-state index in [1.165, 1.54) is 0 Å². The van der Waals surface area contributed by atoms with Gasteiger partial charge in [-0.2, -0.15) is 0 Å². The van der Waals surface area contributed by atoms with Crippen LogP contribution in [-0.4, -0.2) is 52.9 Å². The van der Waals surface area contributed by atoms with Crippen LogP contribution in [0.15, 0.2) is 6.07 Å². The van der Waals surface area contributed by atoms with E-state index in [0.717, 1.165) is 16.3 Å². The lowest BCUT2D eigenvalue weighted by Gasteiger charge is -2.18. The highest BCUT2D eigenvalue weighted by Gasteiger charge is 2.53. The van der Waals surface area contributed by atoms with E-state index >= 15 is 0 Å². The van der Waals surface area contributed by atoms with Gasteiger partial charge in [-0.15, -0.1) is 0 Å². The van der Waals surface area contributed by atoms with E-state index in [2.05, 4.69) is 10.3 Å². The summed E-state index contributed by atoms with van der Waals surface area (Å²) >= 11 is 0. The Kier molecular flexibility index (Phi) is 3.09. The molecule has 0 aliphatic carbocycles. The van der Waals surface area contributed by atoms with Crippen molar-refractivity contribution >= 4 is 17.7 Å². The maximum atomic E-state index is 12.4. The number of aryl methyl sites for hydroxylation is 2. The highest BCUT2D eigenvalue weighted by atomic mass is 16.5. The first kappa shape index (κ1) is 13.8. The number of H-pyrrole nitrogens is 1. The van der Waals surface area contributed by atoms with Crippen LogP contribution in [0.3, 0.4) is 0 Å². The van der Waals surface area contributed by atoms with Gasteiger partial charge in [0.1, 0.15) is 5.54 Å². The first-order chi connectivity index (χ1) is 9.93. The highest BCUT2D eigenvalue weighted by molar-refractivity contribution is 6.11. The standard InChI is InChI=1S/C14H17N3O4/c1-8-5-10(9(2)15-8)11(18)6-17-12(19)14(16-13(17)20)3-4-21-7-14/h5,15H,3-4,6-7H2,1-2H3,(H,16,20)/t14-/m0/s1. The first-order valence-electron chi connectivity index (χ1n) is 6.84. The molecule has 0 saturated carbocycles. The normalized spacial score (nSPS) is 25.0. The maximum Gasteiger partial charge on any atom is 0.325 e. The van der Waals surface area contributed by atoms with Crippen LogP contribution in [0.25, 0.3) is 0 Å². The Morgan fingerprint density at radius 3 is 2.76 bits per heavy atom. The number of hydrogen-bond acceptors (Lipinski definition) is 4. The zero-order valence-electron chi connectivity index (χ0n) is 12.0. The summed E-state index contributed by atoms with van der Waals surface area (Å²) in [6.07, 6.45) is 0.449. The van der Waals surface area contributed by atoms with E-state index in [-0.39, 0.29) is 24.8 Å². The molecule has 2 aliphatic heterocycles. The van der Waals surface area contributed by atoms with Crippen molar-refractivity contribution in [2.75, 3.05) is 19.8 Å². The molecule has 112 valence electrons. The second kappa shape index (κ2) is 4.70. The van der Waals surface area contributed by atoms with Crippen molar-refractivity contribution in [1.29, 1.82) is 0 Å². The Hall–Kier alpha value is -2.15. The fourth-order valence-corrected chi connectivity index (χ4v) is 2.89. The number of imide groups is 1. The molecule has 2 fully saturated rings. The molecule has 0 bridgehead atoms. The van der Waals surface area contributed by atoms with Gasteiger partial charge in [0, 0.05) is 30.0 Å². The number of urea groups is 1. The van der Waals surface area contributed by atoms with Gasteiger partial charge >= 0.3 is 6.03 Å². The number of rotatable bonds is 3. The van der Waals surface area contributed by atoms with E-state index < -0.39 is 11.6 Å². The summed E-state index contributed by atoms with van der Waals surface area (Å²) in [6, 6.07) is 1.20. The maximum absolute atomic E-state index is 12.4. The van der Waals surface area contributed by atoms with Gasteiger partial charge in [-0.1, -0.05) is 0 Å². The zero-order valence-corrected chi connectivity index (χ0v) is 12.0.